The number of hydrogen-bond donors (Lipinski definition) is 1. The zero-order valence-corrected chi connectivity index (χ0v) is 11.9. The Morgan fingerprint density at radius 2 is 1.83 bits per heavy atom. The molecule has 1 fully saturated rings. The van der Waals surface area contributed by atoms with Crippen LogP contribution < -0.4 is 5.73 Å². The monoisotopic (exact) mass is 245 g/mol. The molecule has 100 valence electrons. The zero-order valence-electron chi connectivity index (χ0n) is 11.9. The molecule has 1 unspecified atom stereocenters. The number of benzene rings is 1. The van der Waals surface area contributed by atoms with Crippen LogP contribution in [-0.2, 0) is 6.42 Å². The first-order valence-electron chi connectivity index (χ1n) is 7.47. The van der Waals surface area contributed by atoms with Gasteiger partial charge in [0.05, 0.1) is 0 Å². The predicted octanol–water partition coefficient (Wildman–Crippen LogP) is 4.08. The van der Waals surface area contributed by atoms with E-state index in [2.05, 4.69) is 38.1 Å². The second-order valence-electron chi connectivity index (χ2n) is 6.15. The van der Waals surface area contributed by atoms with Crippen molar-refractivity contribution in [2.75, 3.05) is 0 Å². The van der Waals surface area contributed by atoms with Crippen LogP contribution in [0.3, 0.4) is 0 Å². The summed E-state index contributed by atoms with van der Waals surface area (Å²) in [6.07, 6.45) is 7.72. The predicted molar refractivity (Wildman–Crippen MR) is 78.6 cm³/mol. The van der Waals surface area contributed by atoms with E-state index in [0.717, 1.165) is 24.7 Å². The highest BCUT2D eigenvalue weighted by atomic mass is 14.6. The minimum absolute atomic E-state index is 0.400. The topological polar surface area (TPSA) is 26.0 Å². The first kappa shape index (κ1) is 13.6. The minimum Gasteiger partial charge on any atom is -0.327 e. The van der Waals surface area contributed by atoms with Gasteiger partial charge in [0.1, 0.15) is 0 Å². The summed E-state index contributed by atoms with van der Waals surface area (Å²) in [5, 5.41) is 0. The van der Waals surface area contributed by atoms with Crippen LogP contribution >= 0.6 is 0 Å². The molecule has 2 N–H and O–H groups in total. The highest BCUT2D eigenvalue weighted by Crippen LogP contribution is 2.31. The molecule has 1 nitrogen and oxygen atoms in total. The second kappa shape index (κ2) is 6.38. The Bertz CT molecular complexity index is 364. The van der Waals surface area contributed by atoms with Crippen LogP contribution in [0.2, 0.25) is 0 Å². The van der Waals surface area contributed by atoms with Crippen LogP contribution in [0.1, 0.15) is 50.2 Å². The Kier molecular flexibility index (Phi) is 4.82. The van der Waals surface area contributed by atoms with Crippen LogP contribution in [0.5, 0.6) is 0 Å². The van der Waals surface area contributed by atoms with Gasteiger partial charge in [0.2, 0.25) is 0 Å². The average Bonchev–Trinajstić information content (AvgIpc) is 2.38. The molecule has 0 heterocycles. The molecule has 0 radical (unpaired) electrons. The van der Waals surface area contributed by atoms with Gasteiger partial charge in [-0.3, -0.25) is 0 Å². The maximum atomic E-state index is 6.39. The molecule has 1 heteroatoms. The number of nitrogens with two attached hydrogens (primary N) is 1. The molecule has 1 atom stereocenters. The third-order valence-corrected chi connectivity index (χ3v) is 4.67. The van der Waals surface area contributed by atoms with Gasteiger partial charge in [-0.25, -0.2) is 0 Å². The van der Waals surface area contributed by atoms with E-state index in [4.69, 9.17) is 5.73 Å². The van der Waals surface area contributed by atoms with E-state index < -0.39 is 0 Å². The van der Waals surface area contributed by atoms with E-state index in [1.54, 1.807) is 0 Å². The number of hydrogen-bond acceptors (Lipinski definition) is 1. The fraction of sp³-hybridized carbons (Fsp3) is 0.647. The van der Waals surface area contributed by atoms with Crippen molar-refractivity contribution in [2.24, 2.45) is 17.6 Å². The first-order valence-corrected chi connectivity index (χ1v) is 7.47. The molecule has 1 saturated carbocycles. The van der Waals surface area contributed by atoms with Gasteiger partial charge in [-0.1, -0.05) is 44.0 Å². The summed E-state index contributed by atoms with van der Waals surface area (Å²) in [7, 11) is 0. The summed E-state index contributed by atoms with van der Waals surface area (Å²) in [6.45, 7) is 4.57. The molecule has 1 aromatic rings. The number of rotatable bonds is 4. The molecule has 0 aliphatic heterocycles. The quantitative estimate of drug-likeness (QED) is 0.850. The van der Waals surface area contributed by atoms with Crippen molar-refractivity contribution < 1.29 is 0 Å². The molecule has 0 aromatic heterocycles. The smallest absolute Gasteiger partial charge is 0.00703 e. The summed E-state index contributed by atoms with van der Waals surface area (Å²) in [4.78, 5) is 0. The minimum atomic E-state index is 0.400. The van der Waals surface area contributed by atoms with Gasteiger partial charge in [0.15, 0.2) is 0 Å². The first-order chi connectivity index (χ1) is 8.66. The fourth-order valence-electron chi connectivity index (χ4n) is 3.16. The molecule has 1 aliphatic rings. The van der Waals surface area contributed by atoms with E-state index >= 15 is 0 Å². The van der Waals surface area contributed by atoms with Crippen molar-refractivity contribution in [3.63, 3.8) is 0 Å². The highest BCUT2D eigenvalue weighted by molar-refractivity contribution is 5.25. The summed E-state index contributed by atoms with van der Waals surface area (Å²) in [6, 6.07) is 9.09. The van der Waals surface area contributed by atoms with Gasteiger partial charge in [-0.05, 0) is 55.6 Å². The zero-order chi connectivity index (χ0) is 13.0. The van der Waals surface area contributed by atoms with Gasteiger partial charge in [0.25, 0.3) is 0 Å². The molecular formula is C17H27N. The third kappa shape index (κ3) is 3.58. The lowest BCUT2D eigenvalue weighted by Crippen LogP contribution is -2.33. The standard InChI is InChI=1S/C17H27N/c1-13-7-9-16(10-8-13)17(18)12-11-15-6-4-3-5-14(15)2/h3-6,13,16-17H,7-12,18H2,1-2H3. The maximum absolute atomic E-state index is 6.39. The van der Waals surface area contributed by atoms with Crippen molar-refractivity contribution >= 4 is 0 Å². The van der Waals surface area contributed by atoms with Gasteiger partial charge in [-0.15, -0.1) is 0 Å². The summed E-state index contributed by atoms with van der Waals surface area (Å²) in [5.74, 6) is 1.69. The van der Waals surface area contributed by atoms with Crippen LogP contribution in [0.25, 0.3) is 0 Å². The lowest BCUT2D eigenvalue weighted by atomic mass is 9.78. The van der Waals surface area contributed by atoms with Crippen LogP contribution in [-0.4, -0.2) is 6.04 Å². The van der Waals surface area contributed by atoms with E-state index in [-0.39, 0.29) is 0 Å². The Balaban J connectivity index is 1.81. The van der Waals surface area contributed by atoms with Gasteiger partial charge in [-0.2, -0.15) is 0 Å². The van der Waals surface area contributed by atoms with Crippen molar-refractivity contribution in [3.8, 4) is 0 Å². The Morgan fingerprint density at radius 3 is 2.50 bits per heavy atom. The Labute approximate surface area is 112 Å². The number of aryl methyl sites for hydroxylation is 2. The highest BCUT2D eigenvalue weighted by Gasteiger charge is 2.23. The van der Waals surface area contributed by atoms with Crippen LogP contribution in [0.4, 0.5) is 0 Å². The van der Waals surface area contributed by atoms with Crippen LogP contribution in [0, 0.1) is 18.8 Å². The lowest BCUT2D eigenvalue weighted by Gasteiger charge is -2.30. The van der Waals surface area contributed by atoms with E-state index in [1.165, 1.54) is 36.8 Å². The van der Waals surface area contributed by atoms with Gasteiger partial charge in [0, 0.05) is 6.04 Å². The summed E-state index contributed by atoms with van der Waals surface area (Å²) >= 11 is 0. The normalized spacial score (nSPS) is 25.9. The van der Waals surface area contributed by atoms with Crippen molar-refractivity contribution in [1.82, 2.24) is 0 Å². The second-order valence-corrected chi connectivity index (χ2v) is 6.15. The fourth-order valence-corrected chi connectivity index (χ4v) is 3.16. The molecule has 0 amide bonds. The van der Waals surface area contributed by atoms with Gasteiger partial charge >= 0.3 is 0 Å². The van der Waals surface area contributed by atoms with Crippen molar-refractivity contribution in [3.05, 3.63) is 35.4 Å². The molecule has 1 aliphatic carbocycles. The molecule has 0 bridgehead atoms. The largest absolute Gasteiger partial charge is 0.327 e. The summed E-state index contributed by atoms with van der Waals surface area (Å²) in [5.41, 5.74) is 9.27. The third-order valence-electron chi connectivity index (χ3n) is 4.67. The summed E-state index contributed by atoms with van der Waals surface area (Å²) < 4.78 is 0. The Hall–Kier alpha value is -0.820. The van der Waals surface area contributed by atoms with E-state index in [9.17, 15) is 0 Å². The Morgan fingerprint density at radius 1 is 1.17 bits per heavy atom. The van der Waals surface area contributed by atoms with Crippen molar-refractivity contribution in [1.29, 1.82) is 0 Å². The van der Waals surface area contributed by atoms with Gasteiger partial charge < -0.3 is 5.73 Å². The lowest BCUT2D eigenvalue weighted by molar-refractivity contribution is 0.248. The van der Waals surface area contributed by atoms with E-state index in [0.29, 0.717) is 6.04 Å². The van der Waals surface area contributed by atoms with Crippen molar-refractivity contribution in [2.45, 2.75) is 58.4 Å². The molecule has 0 spiro atoms. The molecule has 2 rings (SSSR count). The van der Waals surface area contributed by atoms with E-state index in [1.807, 2.05) is 0 Å². The molecule has 0 saturated heterocycles. The average molecular weight is 245 g/mol. The molecule has 18 heavy (non-hydrogen) atoms. The maximum Gasteiger partial charge on any atom is 0.00703 e. The molecule has 1 aromatic carbocycles. The molecular weight excluding hydrogens is 218 g/mol. The SMILES string of the molecule is Cc1ccccc1CCC(N)C1CCC(C)CC1. The van der Waals surface area contributed by atoms with Crippen LogP contribution in [0.15, 0.2) is 24.3 Å².